The first-order valence-corrected chi connectivity index (χ1v) is 6.11. The van der Waals surface area contributed by atoms with Gasteiger partial charge < -0.3 is 19.7 Å². The van der Waals surface area contributed by atoms with E-state index in [0.717, 1.165) is 0 Å². The summed E-state index contributed by atoms with van der Waals surface area (Å²) in [5.41, 5.74) is -0.982. The maximum atomic E-state index is 11.7. The molecule has 0 bridgehead atoms. The number of hydrogen-bond donors (Lipinski definition) is 2. The number of rotatable bonds is 0. The maximum Gasteiger partial charge on any atom is 0.367 e. The lowest BCUT2D eigenvalue weighted by Crippen LogP contribution is -2.50. The van der Waals surface area contributed by atoms with E-state index in [9.17, 15) is 19.8 Å². The summed E-state index contributed by atoms with van der Waals surface area (Å²) < 4.78 is 9.82. The number of hydrogen-bond acceptors (Lipinski definition) is 6. The Kier molecular flexibility index (Phi) is 3.11. The Morgan fingerprint density at radius 3 is 2.44 bits per heavy atom. The van der Waals surface area contributed by atoms with Gasteiger partial charge in [0.1, 0.15) is 12.7 Å². The van der Waals surface area contributed by atoms with Gasteiger partial charge in [-0.15, -0.1) is 0 Å². The average molecular weight is 258 g/mol. The molecular weight excluding hydrogens is 240 g/mol. The Bertz CT molecular complexity index is 377. The molecule has 2 N–H and O–H groups in total. The summed E-state index contributed by atoms with van der Waals surface area (Å²) in [5.74, 6) is -4.03. The van der Waals surface area contributed by atoms with E-state index >= 15 is 0 Å². The first-order chi connectivity index (χ1) is 8.29. The van der Waals surface area contributed by atoms with Crippen LogP contribution in [0.3, 0.4) is 0 Å². The van der Waals surface area contributed by atoms with E-state index in [0.29, 0.717) is 6.42 Å². The highest BCUT2D eigenvalue weighted by atomic mass is 16.6. The standard InChI is InChI=1S/C12H18O6/c1-7-5-11(7)4-3-9(13)18-8(2)6-17-10(14)12(11,15)16/h7-8,15-16H,3-6H2,1-2H3. The molecule has 1 aliphatic heterocycles. The molecule has 3 atom stereocenters. The van der Waals surface area contributed by atoms with Gasteiger partial charge in [-0.1, -0.05) is 6.92 Å². The molecule has 1 aliphatic carbocycles. The van der Waals surface area contributed by atoms with Gasteiger partial charge in [0.2, 0.25) is 0 Å². The van der Waals surface area contributed by atoms with Gasteiger partial charge in [-0.2, -0.15) is 0 Å². The minimum atomic E-state index is -2.52. The van der Waals surface area contributed by atoms with Crippen molar-refractivity contribution in [2.24, 2.45) is 11.3 Å². The Hall–Kier alpha value is -1.14. The van der Waals surface area contributed by atoms with Gasteiger partial charge in [-0.05, 0) is 25.7 Å². The third-order valence-corrected chi connectivity index (χ3v) is 3.99. The van der Waals surface area contributed by atoms with Crippen molar-refractivity contribution in [3.05, 3.63) is 0 Å². The highest BCUT2D eigenvalue weighted by molar-refractivity contribution is 5.79. The second kappa shape index (κ2) is 4.20. The van der Waals surface area contributed by atoms with E-state index in [2.05, 4.69) is 0 Å². The lowest BCUT2D eigenvalue weighted by atomic mass is 9.87. The molecule has 2 aliphatic rings. The summed E-state index contributed by atoms with van der Waals surface area (Å²) in [6.45, 7) is 3.23. The molecule has 0 radical (unpaired) electrons. The summed E-state index contributed by atoms with van der Waals surface area (Å²) in [6, 6.07) is 0. The monoisotopic (exact) mass is 258 g/mol. The van der Waals surface area contributed by atoms with Crippen LogP contribution in [0.4, 0.5) is 0 Å². The molecule has 2 rings (SSSR count). The zero-order chi connectivity index (χ0) is 13.6. The number of carbonyl (C=O) groups is 2. The molecule has 6 nitrogen and oxygen atoms in total. The summed E-state index contributed by atoms with van der Waals surface area (Å²) in [6.07, 6.45) is 0.188. The third kappa shape index (κ3) is 1.99. The van der Waals surface area contributed by atoms with Crippen molar-refractivity contribution in [1.29, 1.82) is 0 Å². The van der Waals surface area contributed by atoms with E-state index in [4.69, 9.17) is 9.47 Å². The van der Waals surface area contributed by atoms with Crippen molar-refractivity contribution in [3.8, 4) is 0 Å². The van der Waals surface area contributed by atoms with Crippen LogP contribution in [0.25, 0.3) is 0 Å². The Morgan fingerprint density at radius 2 is 1.89 bits per heavy atom. The molecule has 0 amide bonds. The van der Waals surface area contributed by atoms with Crippen LogP contribution in [0.5, 0.6) is 0 Å². The second-order valence-electron chi connectivity index (χ2n) is 5.33. The minimum Gasteiger partial charge on any atom is -0.459 e. The summed E-state index contributed by atoms with van der Waals surface area (Å²) in [7, 11) is 0. The second-order valence-corrected chi connectivity index (χ2v) is 5.33. The molecule has 2 fully saturated rings. The fourth-order valence-corrected chi connectivity index (χ4v) is 2.64. The van der Waals surface area contributed by atoms with Gasteiger partial charge in [0, 0.05) is 11.8 Å². The predicted molar refractivity (Wildman–Crippen MR) is 59.1 cm³/mol. The van der Waals surface area contributed by atoms with Crippen molar-refractivity contribution in [2.45, 2.75) is 45.0 Å². The molecule has 6 heteroatoms. The first-order valence-electron chi connectivity index (χ1n) is 6.11. The number of carbonyl (C=O) groups excluding carboxylic acids is 2. The third-order valence-electron chi connectivity index (χ3n) is 3.99. The van der Waals surface area contributed by atoms with Gasteiger partial charge in [0.15, 0.2) is 0 Å². The Balaban J connectivity index is 2.22. The van der Waals surface area contributed by atoms with Crippen LogP contribution in [0.2, 0.25) is 0 Å². The van der Waals surface area contributed by atoms with Crippen LogP contribution in [0, 0.1) is 11.3 Å². The van der Waals surface area contributed by atoms with Crippen LogP contribution in [-0.4, -0.2) is 40.6 Å². The fraction of sp³-hybridized carbons (Fsp3) is 0.833. The quantitative estimate of drug-likeness (QED) is 0.468. The highest BCUT2D eigenvalue weighted by Crippen LogP contribution is 2.61. The number of cyclic esters (lactones) is 2. The van der Waals surface area contributed by atoms with Gasteiger partial charge in [-0.3, -0.25) is 4.79 Å². The average Bonchev–Trinajstić information content (AvgIpc) is 2.95. The number of ether oxygens (including phenoxy) is 2. The van der Waals surface area contributed by atoms with E-state index in [1.54, 1.807) is 6.92 Å². The molecule has 3 unspecified atom stereocenters. The molecule has 1 heterocycles. The zero-order valence-corrected chi connectivity index (χ0v) is 10.5. The number of esters is 2. The molecule has 0 aromatic heterocycles. The van der Waals surface area contributed by atoms with Gasteiger partial charge >= 0.3 is 11.9 Å². The van der Waals surface area contributed by atoms with Gasteiger partial charge in [0.05, 0.1) is 0 Å². The van der Waals surface area contributed by atoms with Gasteiger partial charge in [-0.25, -0.2) is 4.79 Å². The van der Waals surface area contributed by atoms with Crippen LogP contribution < -0.4 is 0 Å². The largest absolute Gasteiger partial charge is 0.459 e. The van der Waals surface area contributed by atoms with Crippen molar-refractivity contribution >= 4 is 11.9 Å². The lowest BCUT2D eigenvalue weighted by molar-refractivity contribution is -0.241. The van der Waals surface area contributed by atoms with E-state index < -0.39 is 29.2 Å². The summed E-state index contributed by atoms with van der Waals surface area (Å²) >= 11 is 0. The van der Waals surface area contributed by atoms with E-state index in [1.807, 2.05) is 6.92 Å². The molecule has 1 spiro atoms. The van der Waals surface area contributed by atoms with E-state index in [-0.39, 0.29) is 25.4 Å². The van der Waals surface area contributed by atoms with Crippen molar-refractivity contribution in [1.82, 2.24) is 0 Å². The molecule has 1 saturated heterocycles. The zero-order valence-electron chi connectivity index (χ0n) is 10.5. The highest BCUT2D eigenvalue weighted by Gasteiger charge is 2.68. The van der Waals surface area contributed by atoms with Crippen LogP contribution in [0.1, 0.15) is 33.1 Å². The number of aliphatic hydroxyl groups is 2. The van der Waals surface area contributed by atoms with Crippen LogP contribution >= 0.6 is 0 Å². The molecule has 0 aromatic carbocycles. The van der Waals surface area contributed by atoms with Crippen molar-refractivity contribution in [3.63, 3.8) is 0 Å². The van der Waals surface area contributed by atoms with Crippen molar-refractivity contribution < 1.29 is 29.3 Å². The fourth-order valence-electron chi connectivity index (χ4n) is 2.64. The Labute approximate surface area is 105 Å². The summed E-state index contributed by atoms with van der Waals surface area (Å²) in [5, 5.41) is 20.1. The molecule has 1 saturated carbocycles. The Morgan fingerprint density at radius 1 is 1.28 bits per heavy atom. The SMILES string of the molecule is CC1COC(=O)C(O)(O)C2(CCC(=O)O1)CC2C. The lowest BCUT2D eigenvalue weighted by Gasteiger charge is -2.31. The van der Waals surface area contributed by atoms with Crippen LogP contribution in [-0.2, 0) is 19.1 Å². The molecule has 0 aromatic rings. The smallest absolute Gasteiger partial charge is 0.367 e. The molecular formula is C12H18O6. The minimum absolute atomic E-state index is 0.0373. The van der Waals surface area contributed by atoms with Crippen molar-refractivity contribution in [2.75, 3.05) is 6.61 Å². The maximum absolute atomic E-state index is 11.7. The predicted octanol–water partition coefficient (Wildman–Crippen LogP) is -0.0378. The van der Waals surface area contributed by atoms with Crippen LogP contribution in [0.15, 0.2) is 0 Å². The van der Waals surface area contributed by atoms with E-state index in [1.165, 1.54) is 0 Å². The topological polar surface area (TPSA) is 93.1 Å². The normalized spacial score (nSPS) is 40.0. The molecule has 18 heavy (non-hydrogen) atoms. The summed E-state index contributed by atoms with van der Waals surface area (Å²) in [4.78, 5) is 23.2. The van der Waals surface area contributed by atoms with Gasteiger partial charge in [0.25, 0.3) is 5.79 Å². The first kappa shape index (κ1) is 13.3. The molecule has 102 valence electrons.